The van der Waals surface area contributed by atoms with E-state index in [-0.39, 0.29) is 0 Å². The second kappa shape index (κ2) is 6.24. The molecule has 2 N–H and O–H groups in total. The largest absolute Gasteiger partial charge is 0.463 e. The molecular formula is C15H19ClN2O. The van der Waals surface area contributed by atoms with E-state index in [1.807, 2.05) is 44.3 Å². The van der Waals surface area contributed by atoms with E-state index in [4.69, 9.17) is 21.8 Å². The molecule has 3 nitrogen and oxygen atoms in total. The smallest absolute Gasteiger partial charge is 0.120 e. The highest BCUT2D eigenvalue weighted by Crippen LogP contribution is 2.19. The maximum atomic E-state index is 6.16. The van der Waals surface area contributed by atoms with Gasteiger partial charge in [0.15, 0.2) is 0 Å². The Bertz CT molecular complexity index is 551. The highest BCUT2D eigenvalue weighted by Gasteiger charge is 2.10. The summed E-state index contributed by atoms with van der Waals surface area (Å²) in [4.78, 5) is 2.17. The van der Waals surface area contributed by atoms with Crippen LogP contribution in [0.1, 0.15) is 22.6 Å². The topological polar surface area (TPSA) is 42.4 Å². The van der Waals surface area contributed by atoms with E-state index in [1.165, 1.54) is 0 Å². The molecule has 0 saturated heterocycles. The van der Waals surface area contributed by atoms with Crippen molar-refractivity contribution >= 4 is 11.6 Å². The van der Waals surface area contributed by atoms with Gasteiger partial charge in [-0.2, -0.15) is 0 Å². The minimum atomic E-state index is 0.445. The van der Waals surface area contributed by atoms with Gasteiger partial charge in [0.2, 0.25) is 0 Å². The van der Waals surface area contributed by atoms with Crippen LogP contribution in [0.15, 0.2) is 34.7 Å². The average molecular weight is 279 g/mol. The fourth-order valence-corrected chi connectivity index (χ4v) is 2.31. The molecular weight excluding hydrogens is 260 g/mol. The molecule has 4 heteroatoms. The SMILES string of the molecule is Cc1cc(CN(C)Cc2ccccc2Cl)oc1CN. The average Bonchev–Trinajstić information content (AvgIpc) is 2.72. The van der Waals surface area contributed by atoms with Crippen LogP contribution in [0.25, 0.3) is 0 Å². The van der Waals surface area contributed by atoms with E-state index in [1.54, 1.807) is 0 Å². The maximum Gasteiger partial charge on any atom is 0.120 e. The lowest BCUT2D eigenvalue weighted by Crippen LogP contribution is -2.17. The van der Waals surface area contributed by atoms with E-state index < -0.39 is 0 Å². The summed E-state index contributed by atoms with van der Waals surface area (Å²) in [7, 11) is 2.04. The van der Waals surface area contributed by atoms with Gasteiger partial charge >= 0.3 is 0 Å². The maximum absolute atomic E-state index is 6.16. The standard InChI is InChI=1S/C15H19ClN2O/c1-11-7-13(19-15(11)8-17)10-18(2)9-12-5-3-4-6-14(12)16/h3-7H,8-10,17H2,1-2H3. The summed E-state index contributed by atoms with van der Waals surface area (Å²) in [6, 6.07) is 9.94. The Morgan fingerprint density at radius 2 is 2.00 bits per heavy atom. The minimum absolute atomic E-state index is 0.445. The van der Waals surface area contributed by atoms with Crippen LogP contribution in [0, 0.1) is 6.92 Å². The van der Waals surface area contributed by atoms with Crippen LogP contribution < -0.4 is 5.73 Å². The van der Waals surface area contributed by atoms with E-state index >= 15 is 0 Å². The Kier molecular flexibility index (Phi) is 4.64. The molecule has 0 radical (unpaired) electrons. The summed E-state index contributed by atoms with van der Waals surface area (Å²) in [5.74, 6) is 1.80. The molecule has 0 bridgehead atoms. The quantitative estimate of drug-likeness (QED) is 0.912. The van der Waals surface area contributed by atoms with E-state index in [2.05, 4.69) is 4.90 Å². The molecule has 2 aromatic rings. The number of benzene rings is 1. The summed E-state index contributed by atoms with van der Waals surface area (Å²) in [5, 5.41) is 0.799. The van der Waals surface area contributed by atoms with Gasteiger partial charge in [0.25, 0.3) is 0 Å². The Morgan fingerprint density at radius 3 is 2.63 bits per heavy atom. The summed E-state index contributed by atoms with van der Waals surface area (Å²) >= 11 is 6.16. The summed E-state index contributed by atoms with van der Waals surface area (Å²) in [6.07, 6.45) is 0. The van der Waals surface area contributed by atoms with Crippen molar-refractivity contribution < 1.29 is 4.42 Å². The fourth-order valence-electron chi connectivity index (χ4n) is 2.11. The van der Waals surface area contributed by atoms with E-state index in [0.717, 1.165) is 40.8 Å². The van der Waals surface area contributed by atoms with E-state index in [9.17, 15) is 0 Å². The number of aryl methyl sites for hydroxylation is 1. The lowest BCUT2D eigenvalue weighted by Gasteiger charge is -2.16. The van der Waals surface area contributed by atoms with Gasteiger partial charge in [-0.3, -0.25) is 4.90 Å². The molecule has 0 atom stereocenters. The van der Waals surface area contributed by atoms with Crippen LogP contribution in [0.3, 0.4) is 0 Å². The van der Waals surface area contributed by atoms with Gasteiger partial charge in [-0.15, -0.1) is 0 Å². The Morgan fingerprint density at radius 1 is 1.26 bits per heavy atom. The molecule has 0 aliphatic rings. The monoisotopic (exact) mass is 278 g/mol. The highest BCUT2D eigenvalue weighted by molar-refractivity contribution is 6.31. The first kappa shape index (κ1) is 14.1. The molecule has 0 unspecified atom stereocenters. The number of hydrogen-bond donors (Lipinski definition) is 1. The first-order valence-electron chi connectivity index (χ1n) is 6.30. The molecule has 0 spiro atoms. The van der Waals surface area contributed by atoms with Crippen LogP contribution in [-0.4, -0.2) is 11.9 Å². The summed E-state index contributed by atoms with van der Waals surface area (Å²) in [6.45, 7) is 3.99. The van der Waals surface area contributed by atoms with Crippen molar-refractivity contribution in [1.82, 2.24) is 4.90 Å². The van der Waals surface area contributed by atoms with Crippen LogP contribution in [0.4, 0.5) is 0 Å². The van der Waals surface area contributed by atoms with Crippen LogP contribution in [0.5, 0.6) is 0 Å². The van der Waals surface area contributed by atoms with Gasteiger partial charge in [-0.1, -0.05) is 29.8 Å². The molecule has 102 valence electrons. The zero-order valence-corrected chi connectivity index (χ0v) is 12.1. The predicted octanol–water partition coefficient (Wildman–Crippen LogP) is 3.33. The molecule has 0 aliphatic carbocycles. The van der Waals surface area contributed by atoms with Gasteiger partial charge in [0.1, 0.15) is 11.5 Å². The van der Waals surface area contributed by atoms with Gasteiger partial charge in [-0.25, -0.2) is 0 Å². The number of furan rings is 1. The van der Waals surface area contributed by atoms with Crippen molar-refractivity contribution in [3.8, 4) is 0 Å². The van der Waals surface area contributed by atoms with Gasteiger partial charge in [-0.05, 0) is 37.2 Å². The van der Waals surface area contributed by atoms with Crippen molar-refractivity contribution in [3.63, 3.8) is 0 Å². The predicted molar refractivity (Wildman–Crippen MR) is 78.0 cm³/mol. The molecule has 1 aromatic heterocycles. The Labute approximate surface area is 119 Å². The molecule has 0 amide bonds. The molecule has 0 fully saturated rings. The number of hydrogen-bond acceptors (Lipinski definition) is 3. The normalized spacial score (nSPS) is 11.2. The minimum Gasteiger partial charge on any atom is -0.463 e. The highest BCUT2D eigenvalue weighted by atomic mass is 35.5. The number of nitrogens with two attached hydrogens (primary N) is 1. The molecule has 19 heavy (non-hydrogen) atoms. The lowest BCUT2D eigenvalue weighted by atomic mass is 10.2. The third-order valence-corrected chi connectivity index (χ3v) is 3.45. The first-order valence-corrected chi connectivity index (χ1v) is 6.68. The van der Waals surface area contributed by atoms with Crippen molar-refractivity contribution in [1.29, 1.82) is 0 Å². The second-order valence-corrected chi connectivity index (χ2v) is 5.19. The van der Waals surface area contributed by atoms with Crippen LogP contribution in [0.2, 0.25) is 5.02 Å². The third-order valence-electron chi connectivity index (χ3n) is 3.08. The third kappa shape index (κ3) is 3.60. The molecule has 0 saturated carbocycles. The van der Waals surface area contributed by atoms with Gasteiger partial charge in [0.05, 0.1) is 13.1 Å². The number of halogens is 1. The first-order chi connectivity index (χ1) is 9.10. The Balaban J connectivity index is 2.01. The molecule has 1 aromatic carbocycles. The summed E-state index contributed by atoms with van der Waals surface area (Å²) in [5.41, 5.74) is 7.85. The molecule has 0 aliphatic heterocycles. The van der Waals surface area contributed by atoms with Crippen LogP contribution in [-0.2, 0) is 19.6 Å². The second-order valence-electron chi connectivity index (χ2n) is 4.79. The van der Waals surface area contributed by atoms with Gasteiger partial charge in [0, 0.05) is 11.6 Å². The fraction of sp³-hybridized carbons (Fsp3) is 0.333. The molecule has 2 rings (SSSR count). The molecule has 1 heterocycles. The Hall–Kier alpha value is -1.29. The van der Waals surface area contributed by atoms with Crippen molar-refractivity contribution in [2.45, 2.75) is 26.6 Å². The zero-order chi connectivity index (χ0) is 13.8. The van der Waals surface area contributed by atoms with Gasteiger partial charge < -0.3 is 10.2 Å². The lowest BCUT2D eigenvalue weighted by molar-refractivity contribution is 0.284. The van der Waals surface area contributed by atoms with Crippen LogP contribution >= 0.6 is 11.6 Å². The summed E-state index contributed by atoms with van der Waals surface area (Å²) < 4.78 is 5.70. The number of nitrogens with zero attached hydrogens (tertiary/aromatic N) is 1. The van der Waals surface area contributed by atoms with Crippen molar-refractivity contribution in [2.24, 2.45) is 5.73 Å². The van der Waals surface area contributed by atoms with Crippen molar-refractivity contribution in [2.75, 3.05) is 7.05 Å². The van der Waals surface area contributed by atoms with Crippen molar-refractivity contribution in [3.05, 3.63) is 58.0 Å². The van der Waals surface area contributed by atoms with E-state index in [0.29, 0.717) is 6.54 Å². The number of rotatable bonds is 5. The zero-order valence-electron chi connectivity index (χ0n) is 11.3.